The highest BCUT2D eigenvalue weighted by molar-refractivity contribution is 5.75. The molecule has 0 aliphatic heterocycles. The van der Waals surface area contributed by atoms with Crippen molar-refractivity contribution >= 4 is 11.0 Å². The molecule has 0 saturated heterocycles. The number of halogens is 1. The number of benzene rings is 2. The molecule has 120 valence electrons. The molecule has 3 rings (SSSR count). The van der Waals surface area contributed by atoms with E-state index < -0.39 is 0 Å². The van der Waals surface area contributed by atoms with Gasteiger partial charge in [-0.25, -0.2) is 9.18 Å². The number of hydrogen-bond acceptors (Lipinski definition) is 2. The summed E-state index contributed by atoms with van der Waals surface area (Å²) in [6.07, 6.45) is 0.703. The number of fused-ring (bicyclic) bond motifs is 1. The van der Waals surface area contributed by atoms with Crippen LogP contribution in [-0.2, 0) is 13.1 Å². The number of rotatable bonds is 6. The molecule has 0 N–H and O–H groups in total. The molecule has 0 fully saturated rings. The van der Waals surface area contributed by atoms with Crippen molar-refractivity contribution in [2.45, 2.75) is 26.4 Å². The second-order valence-corrected chi connectivity index (χ2v) is 5.32. The van der Waals surface area contributed by atoms with Crippen LogP contribution in [0, 0.1) is 5.82 Å². The Bertz CT molecular complexity index is 850. The van der Waals surface area contributed by atoms with Crippen molar-refractivity contribution in [2.75, 3.05) is 6.61 Å². The van der Waals surface area contributed by atoms with E-state index in [0.29, 0.717) is 31.9 Å². The number of ether oxygens (including phenoxy) is 1. The topological polar surface area (TPSA) is 36.2 Å². The molecule has 0 unspecified atom stereocenters. The van der Waals surface area contributed by atoms with Crippen LogP contribution in [0.3, 0.4) is 0 Å². The summed E-state index contributed by atoms with van der Waals surface area (Å²) in [5, 5.41) is 0. The van der Waals surface area contributed by atoms with Crippen molar-refractivity contribution < 1.29 is 9.13 Å². The van der Waals surface area contributed by atoms with Gasteiger partial charge in [0.05, 0.1) is 17.6 Å². The summed E-state index contributed by atoms with van der Waals surface area (Å²) in [5.74, 6) is 0.353. The maximum absolute atomic E-state index is 12.8. The zero-order valence-electron chi connectivity index (χ0n) is 13.0. The van der Waals surface area contributed by atoms with Gasteiger partial charge in [-0.1, -0.05) is 12.1 Å². The van der Waals surface area contributed by atoms with Crippen LogP contribution in [-0.4, -0.2) is 15.7 Å². The number of aryl methyl sites for hydroxylation is 2. The summed E-state index contributed by atoms with van der Waals surface area (Å²) in [4.78, 5) is 12.5. The fourth-order valence-corrected chi connectivity index (χ4v) is 2.74. The molecule has 1 aromatic heterocycles. The summed E-state index contributed by atoms with van der Waals surface area (Å²) in [6, 6.07) is 13.7. The van der Waals surface area contributed by atoms with Crippen molar-refractivity contribution in [1.82, 2.24) is 9.13 Å². The third-order valence-corrected chi connectivity index (χ3v) is 3.85. The van der Waals surface area contributed by atoms with Crippen LogP contribution in [0.4, 0.5) is 4.39 Å². The van der Waals surface area contributed by atoms with Crippen molar-refractivity contribution in [3.63, 3.8) is 0 Å². The van der Waals surface area contributed by atoms with E-state index in [4.69, 9.17) is 4.74 Å². The van der Waals surface area contributed by atoms with E-state index in [-0.39, 0.29) is 11.5 Å². The lowest BCUT2D eigenvalue weighted by molar-refractivity contribution is 0.301. The van der Waals surface area contributed by atoms with Gasteiger partial charge in [0, 0.05) is 13.1 Å². The van der Waals surface area contributed by atoms with Crippen LogP contribution in [0.5, 0.6) is 5.75 Å². The van der Waals surface area contributed by atoms with Crippen molar-refractivity contribution in [3.05, 3.63) is 64.8 Å². The highest BCUT2D eigenvalue weighted by atomic mass is 19.1. The van der Waals surface area contributed by atoms with Crippen molar-refractivity contribution in [1.29, 1.82) is 0 Å². The Hall–Kier alpha value is -2.56. The van der Waals surface area contributed by atoms with Crippen LogP contribution in [0.25, 0.3) is 11.0 Å². The lowest BCUT2D eigenvalue weighted by atomic mass is 10.3. The Kier molecular flexibility index (Phi) is 4.46. The third-order valence-electron chi connectivity index (χ3n) is 3.85. The highest BCUT2D eigenvalue weighted by Gasteiger charge is 2.10. The molecule has 0 aliphatic carbocycles. The van der Waals surface area contributed by atoms with Gasteiger partial charge in [0.1, 0.15) is 11.6 Å². The van der Waals surface area contributed by atoms with Gasteiger partial charge in [-0.15, -0.1) is 0 Å². The molecule has 3 aromatic rings. The first kappa shape index (κ1) is 15.3. The monoisotopic (exact) mass is 314 g/mol. The molecular formula is C18H19FN2O2. The predicted molar refractivity (Wildman–Crippen MR) is 88.4 cm³/mol. The molecule has 0 bridgehead atoms. The third kappa shape index (κ3) is 3.13. The fourth-order valence-electron chi connectivity index (χ4n) is 2.74. The normalized spacial score (nSPS) is 11.0. The molecule has 0 aliphatic rings. The van der Waals surface area contributed by atoms with Gasteiger partial charge in [-0.2, -0.15) is 0 Å². The summed E-state index contributed by atoms with van der Waals surface area (Å²) in [6.45, 7) is 3.69. The van der Waals surface area contributed by atoms with E-state index >= 15 is 0 Å². The standard InChI is InChI=1S/C18H19FN2O2/c1-2-20-16-6-3-4-7-17(16)21(18(20)22)12-5-13-23-15-10-8-14(19)9-11-15/h3-4,6-11H,2,5,12-13H2,1H3. The number of aromatic nitrogens is 2. The molecule has 2 aromatic carbocycles. The summed E-state index contributed by atoms with van der Waals surface area (Å²) in [7, 11) is 0. The lowest BCUT2D eigenvalue weighted by Gasteiger charge is -2.07. The van der Waals surface area contributed by atoms with Gasteiger partial charge < -0.3 is 4.74 Å². The predicted octanol–water partition coefficient (Wildman–Crippen LogP) is 3.43. The number of nitrogens with zero attached hydrogens (tertiary/aromatic N) is 2. The smallest absolute Gasteiger partial charge is 0.329 e. The van der Waals surface area contributed by atoms with Crippen LogP contribution in [0.15, 0.2) is 53.3 Å². The Balaban J connectivity index is 1.69. The highest BCUT2D eigenvalue weighted by Crippen LogP contribution is 2.14. The van der Waals surface area contributed by atoms with Crippen LogP contribution < -0.4 is 10.4 Å². The van der Waals surface area contributed by atoms with Crippen LogP contribution in [0.1, 0.15) is 13.3 Å². The van der Waals surface area contributed by atoms with Crippen molar-refractivity contribution in [2.24, 2.45) is 0 Å². The van der Waals surface area contributed by atoms with Gasteiger partial charge in [0.15, 0.2) is 0 Å². The average molecular weight is 314 g/mol. The molecule has 0 radical (unpaired) electrons. The van der Waals surface area contributed by atoms with E-state index in [9.17, 15) is 9.18 Å². The molecule has 23 heavy (non-hydrogen) atoms. The van der Waals surface area contributed by atoms with Crippen molar-refractivity contribution in [3.8, 4) is 5.75 Å². The second kappa shape index (κ2) is 6.69. The van der Waals surface area contributed by atoms with Gasteiger partial charge in [0.25, 0.3) is 0 Å². The van der Waals surface area contributed by atoms with E-state index in [1.165, 1.54) is 12.1 Å². The molecule has 1 heterocycles. The minimum Gasteiger partial charge on any atom is -0.494 e. The average Bonchev–Trinajstić information content (AvgIpc) is 2.84. The Labute approximate surface area is 133 Å². The number of hydrogen-bond donors (Lipinski definition) is 0. The van der Waals surface area contributed by atoms with Gasteiger partial charge in [0.2, 0.25) is 0 Å². The first-order valence-electron chi connectivity index (χ1n) is 7.77. The quantitative estimate of drug-likeness (QED) is 0.654. The van der Waals surface area contributed by atoms with Gasteiger partial charge >= 0.3 is 5.69 Å². The molecular weight excluding hydrogens is 295 g/mol. The number of imidazole rings is 1. The molecule has 0 atom stereocenters. The van der Waals surface area contributed by atoms with E-state index in [0.717, 1.165) is 11.0 Å². The Morgan fingerprint density at radius 1 is 1.00 bits per heavy atom. The largest absolute Gasteiger partial charge is 0.494 e. The Morgan fingerprint density at radius 2 is 1.65 bits per heavy atom. The van der Waals surface area contributed by atoms with Gasteiger partial charge in [-0.05, 0) is 49.7 Å². The minimum atomic E-state index is -0.281. The summed E-state index contributed by atoms with van der Waals surface area (Å²) >= 11 is 0. The molecule has 4 nitrogen and oxygen atoms in total. The zero-order valence-corrected chi connectivity index (χ0v) is 13.0. The lowest BCUT2D eigenvalue weighted by Crippen LogP contribution is -2.24. The molecule has 0 spiro atoms. The first-order valence-corrected chi connectivity index (χ1v) is 7.77. The van der Waals surface area contributed by atoms with Crippen LogP contribution in [0.2, 0.25) is 0 Å². The molecule has 5 heteroatoms. The maximum atomic E-state index is 12.8. The summed E-state index contributed by atoms with van der Waals surface area (Å²) in [5.41, 5.74) is 1.91. The minimum absolute atomic E-state index is 0.00971. The maximum Gasteiger partial charge on any atom is 0.329 e. The molecule has 0 saturated carbocycles. The van der Waals surface area contributed by atoms with E-state index in [2.05, 4.69) is 0 Å². The SMILES string of the molecule is CCn1c(=O)n(CCCOc2ccc(F)cc2)c2ccccc21. The van der Waals surface area contributed by atoms with E-state index in [1.807, 2.05) is 31.2 Å². The molecule has 0 amide bonds. The second-order valence-electron chi connectivity index (χ2n) is 5.32. The first-order chi connectivity index (χ1) is 11.2. The fraction of sp³-hybridized carbons (Fsp3) is 0.278. The van der Waals surface area contributed by atoms with Crippen LogP contribution >= 0.6 is 0 Å². The summed E-state index contributed by atoms with van der Waals surface area (Å²) < 4.78 is 22.0. The van der Waals surface area contributed by atoms with Gasteiger partial charge in [-0.3, -0.25) is 9.13 Å². The Morgan fingerprint density at radius 3 is 2.30 bits per heavy atom. The number of para-hydroxylation sites is 2. The van der Waals surface area contributed by atoms with E-state index in [1.54, 1.807) is 21.3 Å². The zero-order chi connectivity index (χ0) is 16.2.